The van der Waals surface area contributed by atoms with Gasteiger partial charge in [-0.05, 0) is 31.9 Å². The van der Waals surface area contributed by atoms with Crippen LogP contribution in [0.3, 0.4) is 0 Å². The van der Waals surface area contributed by atoms with Crippen molar-refractivity contribution in [3.8, 4) is 5.75 Å². The van der Waals surface area contributed by atoms with Crippen LogP contribution in [0, 0.1) is 5.82 Å². The summed E-state index contributed by atoms with van der Waals surface area (Å²) in [5.41, 5.74) is 1.44. The average Bonchev–Trinajstić information content (AvgIpc) is 2.82. The summed E-state index contributed by atoms with van der Waals surface area (Å²) in [7, 11) is 0. The quantitative estimate of drug-likeness (QED) is 0.882. The Balaban J connectivity index is 2.50. The molecule has 1 aromatic carbocycles. The average molecular weight is 327 g/mol. The normalized spacial score (nSPS) is 11.0. The summed E-state index contributed by atoms with van der Waals surface area (Å²) in [6, 6.07) is 1.78. The van der Waals surface area contributed by atoms with Crippen molar-refractivity contribution in [1.29, 1.82) is 0 Å². The van der Waals surface area contributed by atoms with Crippen LogP contribution in [0.4, 0.5) is 4.39 Å². The number of amides is 1. The monoisotopic (exact) mass is 326 g/mol. The molecule has 1 amide bonds. The highest BCUT2D eigenvalue weighted by atomic mass is 35.5. The van der Waals surface area contributed by atoms with Crippen LogP contribution < -0.4 is 10.1 Å². The van der Waals surface area contributed by atoms with Crippen molar-refractivity contribution >= 4 is 28.4 Å². The van der Waals surface area contributed by atoms with Crippen molar-refractivity contribution in [2.75, 3.05) is 13.2 Å². The van der Waals surface area contributed by atoms with Gasteiger partial charge in [0.25, 0.3) is 0 Å². The number of benzene rings is 1. The predicted molar refractivity (Wildman–Crippen MR) is 86.1 cm³/mol. The molecule has 0 saturated heterocycles. The van der Waals surface area contributed by atoms with Gasteiger partial charge in [0.1, 0.15) is 10.8 Å². The molecule has 2 aromatic rings. The van der Waals surface area contributed by atoms with E-state index < -0.39 is 5.82 Å². The van der Waals surface area contributed by atoms with Gasteiger partial charge >= 0.3 is 0 Å². The van der Waals surface area contributed by atoms with E-state index in [9.17, 15) is 9.18 Å². The number of hydrogen-bond acceptors (Lipinski definition) is 2. The molecule has 0 saturated carbocycles. The molecule has 4 nitrogen and oxygen atoms in total. The zero-order valence-electron chi connectivity index (χ0n) is 13.0. The van der Waals surface area contributed by atoms with E-state index in [0.717, 1.165) is 10.9 Å². The van der Waals surface area contributed by atoms with E-state index in [1.807, 2.05) is 24.6 Å². The first-order valence-electron chi connectivity index (χ1n) is 7.36. The lowest BCUT2D eigenvalue weighted by Crippen LogP contribution is -2.22. The summed E-state index contributed by atoms with van der Waals surface area (Å²) in [6.45, 7) is 6.81. The van der Waals surface area contributed by atoms with Crippen molar-refractivity contribution < 1.29 is 13.9 Å². The number of nitrogens with zero attached hydrogens (tertiary/aromatic N) is 1. The van der Waals surface area contributed by atoms with E-state index >= 15 is 0 Å². The lowest BCUT2D eigenvalue weighted by molar-refractivity contribution is -0.118. The van der Waals surface area contributed by atoms with Crippen LogP contribution in [0.25, 0.3) is 10.9 Å². The van der Waals surface area contributed by atoms with Crippen LogP contribution in [-0.4, -0.2) is 23.6 Å². The number of rotatable bonds is 6. The zero-order chi connectivity index (χ0) is 16.3. The van der Waals surface area contributed by atoms with Crippen LogP contribution in [0.15, 0.2) is 12.3 Å². The Bertz CT molecular complexity index is 697. The summed E-state index contributed by atoms with van der Waals surface area (Å²) >= 11 is 6.06. The number of carbonyl (C=O) groups excluding carboxylic acids is 1. The molecular weight excluding hydrogens is 307 g/mol. The Hall–Kier alpha value is -1.75. The van der Waals surface area contributed by atoms with Gasteiger partial charge in [0, 0.05) is 31.6 Å². The highest BCUT2D eigenvalue weighted by Gasteiger charge is 2.19. The lowest BCUT2D eigenvalue weighted by Gasteiger charge is -2.09. The number of ether oxygens (including phenoxy) is 1. The molecule has 0 fully saturated rings. The molecule has 120 valence electrons. The highest BCUT2D eigenvalue weighted by molar-refractivity contribution is 6.33. The molecule has 1 aromatic heterocycles. The first-order chi connectivity index (χ1) is 10.5. The third-order valence-electron chi connectivity index (χ3n) is 3.50. The predicted octanol–water partition coefficient (Wildman–Crippen LogP) is 3.53. The molecule has 0 aliphatic heterocycles. The van der Waals surface area contributed by atoms with E-state index in [1.54, 1.807) is 6.07 Å². The topological polar surface area (TPSA) is 43.3 Å². The maximum Gasteiger partial charge on any atom is 0.216 e. The smallest absolute Gasteiger partial charge is 0.216 e. The number of fused-ring (bicyclic) bond motifs is 1. The SMILES string of the molecule is CCOc1cc2c(CCNC(C)=O)cn(CC)c2c(F)c1Cl. The Kier molecular flexibility index (Phi) is 5.29. The summed E-state index contributed by atoms with van der Waals surface area (Å²) in [5.74, 6) is -0.192. The van der Waals surface area contributed by atoms with Gasteiger partial charge in [0.2, 0.25) is 5.91 Å². The van der Waals surface area contributed by atoms with Crippen molar-refractivity contribution in [2.45, 2.75) is 33.7 Å². The number of hydrogen-bond donors (Lipinski definition) is 1. The molecule has 0 unspecified atom stereocenters. The van der Waals surface area contributed by atoms with Gasteiger partial charge in [-0.2, -0.15) is 0 Å². The lowest BCUT2D eigenvalue weighted by atomic mass is 10.1. The fraction of sp³-hybridized carbons (Fsp3) is 0.438. The second kappa shape index (κ2) is 7.01. The van der Waals surface area contributed by atoms with Crippen LogP contribution in [0.2, 0.25) is 5.02 Å². The molecule has 1 heterocycles. The Morgan fingerprint density at radius 2 is 2.18 bits per heavy atom. The number of halogens is 2. The first kappa shape index (κ1) is 16.6. The van der Waals surface area contributed by atoms with E-state index in [4.69, 9.17) is 16.3 Å². The number of nitrogens with one attached hydrogen (secondary N) is 1. The minimum absolute atomic E-state index is 0.00978. The van der Waals surface area contributed by atoms with Gasteiger partial charge in [-0.1, -0.05) is 11.6 Å². The van der Waals surface area contributed by atoms with E-state index in [0.29, 0.717) is 37.4 Å². The zero-order valence-corrected chi connectivity index (χ0v) is 13.8. The summed E-state index contributed by atoms with van der Waals surface area (Å²) in [5, 5.41) is 3.54. The fourth-order valence-corrected chi connectivity index (χ4v) is 2.72. The molecule has 0 aliphatic rings. The van der Waals surface area contributed by atoms with Crippen LogP contribution in [0.5, 0.6) is 5.75 Å². The third kappa shape index (κ3) is 3.19. The fourth-order valence-electron chi connectivity index (χ4n) is 2.52. The molecule has 1 N–H and O–H groups in total. The molecule has 0 bridgehead atoms. The van der Waals surface area contributed by atoms with Crippen molar-refractivity contribution in [3.63, 3.8) is 0 Å². The van der Waals surface area contributed by atoms with E-state index in [2.05, 4.69) is 5.32 Å². The molecule has 6 heteroatoms. The number of carbonyl (C=O) groups is 1. The molecular formula is C16H20ClFN2O2. The number of aryl methyl sites for hydroxylation is 1. The largest absolute Gasteiger partial charge is 0.492 e. The molecule has 22 heavy (non-hydrogen) atoms. The van der Waals surface area contributed by atoms with Gasteiger partial charge in [0.15, 0.2) is 5.82 Å². The van der Waals surface area contributed by atoms with Crippen LogP contribution in [-0.2, 0) is 17.8 Å². The van der Waals surface area contributed by atoms with Crippen molar-refractivity contribution in [1.82, 2.24) is 9.88 Å². The molecule has 0 aliphatic carbocycles. The van der Waals surface area contributed by atoms with Crippen molar-refractivity contribution in [2.24, 2.45) is 0 Å². The molecule has 0 spiro atoms. The van der Waals surface area contributed by atoms with Gasteiger partial charge < -0.3 is 14.6 Å². The van der Waals surface area contributed by atoms with Gasteiger partial charge in [-0.3, -0.25) is 4.79 Å². The standard InChI is InChI=1S/C16H20ClFN2O2/c1-4-20-9-11(6-7-19-10(3)21)12-8-13(22-5-2)14(17)15(18)16(12)20/h8-9H,4-7H2,1-3H3,(H,19,21). The maximum atomic E-state index is 14.6. The van der Waals surface area contributed by atoms with Crippen LogP contribution in [0.1, 0.15) is 26.3 Å². The van der Waals surface area contributed by atoms with E-state index in [1.165, 1.54) is 6.92 Å². The molecule has 0 radical (unpaired) electrons. The van der Waals surface area contributed by atoms with Gasteiger partial charge in [-0.25, -0.2) is 4.39 Å². The summed E-state index contributed by atoms with van der Waals surface area (Å²) in [4.78, 5) is 11.0. The maximum absolute atomic E-state index is 14.6. The molecule has 2 rings (SSSR count). The molecule has 0 atom stereocenters. The summed E-state index contributed by atoms with van der Waals surface area (Å²) < 4.78 is 21.8. The minimum atomic E-state index is -0.463. The number of aromatic nitrogens is 1. The van der Waals surface area contributed by atoms with Crippen LogP contribution >= 0.6 is 11.6 Å². The second-order valence-electron chi connectivity index (χ2n) is 5.01. The van der Waals surface area contributed by atoms with Gasteiger partial charge in [0.05, 0.1) is 12.1 Å². The Morgan fingerprint density at radius 3 is 2.77 bits per heavy atom. The second-order valence-corrected chi connectivity index (χ2v) is 5.38. The highest BCUT2D eigenvalue weighted by Crippen LogP contribution is 2.36. The van der Waals surface area contributed by atoms with Crippen molar-refractivity contribution in [3.05, 3.63) is 28.7 Å². The first-order valence-corrected chi connectivity index (χ1v) is 7.74. The Labute approximate surface area is 134 Å². The third-order valence-corrected chi connectivity index (χ3v) is 3.85. The Morgan fingerprint density at radius 1 is 1.45 bits per heavy atom. The summed E-state index contributed by atoms with van der Waals surface area (Å²) in [6.07, 6.45) is 2.53. The van der Waals surface area contributed by atoms with Gasteiger partial charge in [-0.15, -0.1) is 0 Å². The minimum Gasteiger partial charge on any atom is -0.492 e. The van der Waals surface area contributed by atoms with E-state index in [-0.39, 0.29) is 10.9 Å².